The topological polar surface area (TPSA) is 20.3 Å². The van der Waals surface area contributed by atoms with Crippen LogP contribution >= 0.6 is 0 Å². The quantitative estimate of drug-likeness (QED) is 0.352. The summed E-state index contributed by atoms with van der Waals surface area (Å²) in [7, 11) is 0. The van der Waals surface area contributed by atoms with Crippen molar-refractivity contribution in [3.63, 3.8) is 0 Å². The van der Waals surface area contributed by atoms with E-state index in [0.717, 1.165) is 62.4 Å². The predicted molar refractivity (Wildman–Crippen MR) is 132 cm³/mol. The Kier molecular flexibility index (Phi) is 10.0. The predicted octanol–water partition coefficient (Wildman–Crippen LogP) is 7.31. The maximum atomic E-state index is 13.0. The number of allylic oxidation sites excluding steroid dienone is 1. The van der Waals surface area contributed by atoms with Gasteiger partial charge in [-0.3, -0.25) is 9.69 Å². The third kappa shape index (κ3) is 8.47. The molecule has 5 heteroatoms. The second-order valence-electron chi connectivity index (χ2n) is 9.67. The largest absolute Gasteiger partial charge is 0.416 e. The number of rotatable bonds is 9. The Balaban J connectivity index is 1.33. The minimum atomic E-state index is -4.30. The van der Waals surface area contributed by atoms with Gasteiger partial charge in [0.15, 0.2) is 0 Å². The van der Waals surface area contributed by atoms with Gasteiger partial charge >= 0.3 is 6.18 Å². The van der Waals surface area contributed by atoms with E-state index < -0.39 is 11.7 Å². The van der Waals surface area contributed by atoms with E-state index >= 15 is 0 Å². The van der Waals surface area contributed by atoms with Gasteiger partial charge in [0.2, 0.25) is 0 Å². The maximum absolute atomic E-state index is 13.0. The first kappa shape index (κ1) is 26.3. The standard InChI is InChI=1S/C29H36F3NO/c1-2-3-4-10-28(34)11-5-7-23-12-14-24(15-13-23)16-19-33-20-17-25(18-21-33)26-8-6-9-27(22-26)29(30,31)32/h2,6,8-9,17,22-24H,1,5,7,10-16,18-21H2. The molecule has 0 radical (unpaired) electrons. The summed E-state index contributed by atoms with van der Waals surface area (Å²) in [5, 5.41) is 0. The highest BCUT2D eigenvalue weighted by Gasteiger charge is 2.30. The minimum Gasteiger partial charge on any atom is -0.299 e. The number of halogens is 3. The molecule has 1 aromatic carbocycles. The summed E-state index contributed by atoms with van der Waals surface area (Å²) in [5.41, 5.74) is 1.14. The van der Waals surface area contributed by atoms with Gasteiger partial charge in [0, 0.05) is 19.5 Å². The van der Waals surface area contributed by atoms with Crippen molar-refractivity contribution in [2.24, 2.45) is 11.8 Å². The van der Waals surface area contributed by atoms with Crippen LogP contribution in [0.3, 0.4) is 0 Å². The highest BCUT2D eigenvalue weighted by atomic mass is 19.4. The molecule has 3 rings (SSSR count). The Bertz CT molecular complexity index is 913. The highest BCUT2D eigenvalue weighted by Crippen LogP contribution is 2.35. The van der Waals surface area contributed by atoms with Crippen LogP contribution in [0, 0.1) is 23.7 Å². The fraction of sp³-hybridized carbons (Fsp3) is 0.552. The SMILES string of the molecule is C=CC#CCC(=O)CCCC1CCC(CCN2CC=C(c3cccc(C(F)(F)F)c3)CC2)CC1. The fourth-order valence-corrected chi connectivity index (χ4v) is 5.14. The van der Waals surface area contributed by atoms with Crippen LogP contribution in [0.4, 0.5) is 13.2 Å². The Morgan fingerprint density at radius 2 is 1.88 bits per heavy atom. The molecule has 0 saturated heterocycles. The lowest BCUT2D eigenvalue weighted by Gasteiger charge is -2.32. The zero-order chi connectivity index (χ0) is 24.4. The molecule has 0 amide bonds. The van der Waals surface area contributed by atoms with Crippen molar-refractivity contribution in [2.45, 2.75) is 70.4 Å². The van der Waals surface area contributed by atoms with Crippen molar-refractivity contribution >= 4 is 11.4 Å². The minimum absolute atomic E-state index is 0.231. The zero-order valence-corrected chi connectivity index (χ0v) is 20.0. The smallest absolute Gasteiger partial charge is 0.299 e. The van der Waals surface area contributed by atoms with Crippen molar-refractivity contribution in [2.75, 3.05) is 19.6 Å². The number of carbonyl (C=O) groups is 1. The maximum Gasteiger partial charge on any atom is 0.416 e. The molecule has 0 spiro atoms. The van der Waals surface area contributed by atoms with E-state index in [1.54, 1.807) is 6.07 Å². The summed E-state index contributed by atoms with van der Waals surface area (Å²) >= 11 is 0. The number of nitrogens with zero attached hydrogens (tertiary/aromatic N) is 1. The first-order chi connectivity index (χ1) is 16.3. The van der Waals surface area contributed by atoms with Gasteiger partial charge in [-0.05, 0) is 67.0 Å². The number of benzene rings is 1. The molecule has 0 bridgehead atoms. The number of alkyl halides is 3. The third-order valence-electron chi connectivity index (χ3n) is 7.23. The second-order valence-corrected chi connectivity index (χ2v) is 9.67. The number of hydrogen-bond acceptors (Lipinski definition) is 2. The number of Topliss-reactive ketones (excluding diaryl/α,β-unsaturated/α-hetero) is 1. The summed E-state index contributed by atoms with van der Waals surface area (Å²) in [6, 6.07) is 5.68. The monoisotopic (exact) mass is 471 g/mol. The zero-order valence-electron chi connectivity index (χ0n) is 20.0. The van der Waals surface area contributed by atoms with E-state index in [1.165, 1.54) is 50.3 Å². The van der Waals surface area contributed by atoms with Gasteiger partial charge < -0.3 is 0 Å². The van der Waals surface area contributed by atoms with Crippen LogP contribution in [0.15, 0.2) is 43.0 Å². The lowest BCUT2D eigenvalue weighted by molar-refractivity contribution is -0.137. The van der Waals surface area contributed by atoms with E-state index in [-0.39, 0.29) is 5.78 Å². The molecule has 0 aromatic heterocycles. The van der Waals surface area contributed by atoms with E-state index in [9.17, 15) is 18.0 Å². The number of carbonyl (C=O) groups excluding carboxylic acids is 1. The molecule has 0 unspecified atom stereocenters. The summed E-state index contributed by atoms with van der Waals surface area (Å²) in [4.78, 5) is 14.2. The molecule has 1 fully saturated rings. The molecule has 1 aliphatic carbocycles. The van der Waals surface area contributed by atoms with Crippen LogP contribution in [0.25, 0.3) is 5.57 Å². The molecule has 1 heterocycles. The molecule has 184 valence electrons. The van der Waals surface area contributed by atoms with Crippen molar-refractivity contribution < 1.29 is 18.0 Å². The summed E-state index contributed by atoms with van der Waals surface area (Å²) in [6.45, 7) is 6.30. The molecule has 1 saturated carbocycles. The average molecular weight is 472 g/mol. The average Bonchev–Trinajstić information content (AvgIpc) is 2.84. The van der Waals surface area contributed by atoms with E-state index in [0.29, 0.717) is 18.4 Å². The summed E-state index contributed by atoms with van der Waals surface area (Å²) < 4.78 is 39.0. The van der Waals surface area contributed by atoms with Crippen LogP contribution in [-0.2, 0) is 11.0 Å². The van der Waals surface area contributed by atoms with Crippen LogP contribution in [0.5, 0.6) is 0 Å². The first-order valence-electron chi connectivity index (χ1n) is 12.5. The molecular weight excluding hydrogens is 435 g/mol. The molecule has 34 heavy (non-hydrogen) atoms. The van der Waals surface area contributed by atoms with Crippen LogP contribution in [-0.4, -0.2) is 30.3 Å². The third-order valence-corrected chi connectivity index (χ3v) is 7.23. The normalized spacial score (nSPS) is 21.3. The fourth-order valence-electron chi connectivity index (χ4n) is 5.14. The Morgan fingerprint density at radius 1 is 1.15 bits per heavy atom. The molecule has 0 atom stereocenters. The van der Waals surface area contributed by atoms with Crippen molar-refractivity contribution in [1.29, 1.82) is 0 Å². The van der Waals surface area contributed by atoms with Crippen LogP contribution in [0.1, 0.15) is 75.3 Å². The van der Waals surface area contributed by atoms with Crippen LogP contribution in [0.2, 0.25) is 0 Å². The summed E-state index contributed by atoms with van der Waals surface area (Å²) in [5.74, 6) is 7.29. The molecule has 1 aliphatic heterocycles. The Hall–Kier alpha value is -2.32. The Morgan fingerprint density at radius 3 is 2.53 bits per heavy atom. The molecular formula is C29H36F3NO. The molecule has 2 aliphatic rings. The van der Waals surface area contributed by atoms with Gasteiger partial charge in [-0.25, -0.2) is 0 Å². The highest BCUT2D eigenvalue weighted by molar-refractivity contribution is 5.80. The van der Waals surface area contributed by atoms with Gasteiger partial charge in [-0.15, -0.1) is 0 Å². The number of hydrogen-bond donors (Lipinski definition) is 0. The van der Waals surface area contributed by atoms with Crippen molar-refractivity contribution in [3.8, 4) is 11.8 Å². The molecule has 1 aromatic rings. The first-order valence-corrected chi connectivity index (χ1v) is 12.5. The van der Waals surface area contributed by atoms with E-state index in [1.807, 2.05) is 0 Å². The van der Waals surface area contributed by atoms with Crippen molar-refractivity contribution in [1.82, 2.24) is 4.90 Å². The van der Waals surface area contributed by atoms with Crippen LogP contribution < -0.4 is 0 Å². The van der Waals surface area contributed by atoms with Crippen molar-refractivity contribution in [3.05, 3.63) is 54.1 Å². The van der Waals surface area contributed by atoms with Gasteiger partial charge in [-0.1, -0.05) is 68.7 Å². The molecule has 2 nitrogen and oxygen atoms in total. The lowest BCUT2D eigenvalue weighted by atomic mass is 9.78. The second kappa shape index (κ2) is 13.0. The number of ketones is 1. The molecule has 0 N–H and O–H groups in total. The summed E-state index contributed by atoms with van der Waals surface area (Å²) in [6.07, 6.45) is 9.45. The van der Waals surface area contributed by atoms with Gasteiger partial charge in [0.1, 0.15) is 5.78 Å². The van der Waals surface area contributed by atoms with E-state index in [2.05, 4.69) is 29.4 Å². The van der Waals surface area contributed by atoms with E-state index in [4.69, 9.17) is 0 Å². The lowest BCUT2D eigenvalue weighted by Crippen LogP contribution is -2.31. The van der Waals surface area contributed by atoms with Gasteiger partial charge in [0.25, 0.3) is 0 Å². The van der Waals surface area contributed by atoms with Gasteiger partial charge in [0.05, 0.1) is 12.0 Å². The van der Waals surface area contributed by atoms with Gasteiger partial charge in [-0.2, -0.15) is 13.2 Å². The Labute approximate surface area is 202 Å².